The molecule has 0 saturated heterocycles. The quantitative estimate of drug-likeness (QED) is 0.831. The lowest BCUT2D eigenvalue weighted by Gasteiger charge is -2.08. The summed E-state index contributed by atoms with van der Waals surface area (Å²) in [4.78, 5) is 4.13. The summed E-state index contributed by atoms with van der Waals surface area (Å²) in [6, 6.07) is 3.20. The van der Waals surface area contributed by atoms with Crippen molar-refractivity contribution < 1.29 is 5.11 Å². The second-order valence-corrected chi connectivity index (χ2v) is 5.00. The van der Waals surface area contributed by atoms with E-state index < -0.39 is 0 Å². The fourth-order valence-electron chi connectivity index (χ4n) is 1.68. The van der Waals surface area contributed by atoms with Gasteiger partial charge in [-0.3, -0.25) is 4.68 Å². The van der Waals surface area contributed by atoms with Gasteiger partial charge in [-0.1, -0.05) is 23.2 Å². The third-order valence-corrected chi connectivity index (χ3v) is 3.10. The summed E-state index contributed by atoms with van der Waals surface area (Å²) in [5, 5.41) is 17.9. The van der Waals surface area contributed by atoms with Crippen molar-refractivity contribution in [1.82, 2.24) is 20.1 Å². The molecule has 0 aliphatic carbocycles. The highest BCUT2D eigenvalue weighted by Crippen LogP contribution is 2.30. The van der Waals surface area contributed by atoms with Gasteiger partial charge in [0.2, 0.25) is 0 Å². The van der Waals surface area contributed by atoms with Gasteiger partial charge in [0.25, 0.3) is 0 Å². The molecular formula is C12H14Cl2N4O. The highest BCUT2D eigenvalue weighted by atomic mass is 35.5. The average Bonchev–Trinajstić information content (AvgIpc) is 2.76. The summed E-state index contributed by atoms with van der Waals surface area (Å²) in [5.41, 5.74) is 0.673. The fourth-order valence-corrected chi connectivity index (χ4v) is 2.21. The second kappa shape index (κ2) is 6.23. The number of hydrogen-bond acceptors (Lipinski definition) is 4. The average molecular weight is 301 g/mol. The molecule has 19 heavy (non-hydrogen) atoms. The first-order chi connectivity index (χ1) is 9.06. The summed E-state index contributed by atoms with van der Waals surface area (Å²) < 4.78 is 1.66. The molecule has 2 rings (SSSR count). The van der Waals surface area contributed by atoms with Crippen LogP contribution in [0.15, 0.2) is 18.5 Å². The smallest absolute Gasteiger partial charge is 0.151 e. The first kappa shape index (κ1) is 14.1. The van der Waals surface area contributed by atoms with E-state index in [0.29, 0.717) is 23.7 Å². The van der Waals surface area contributed by atoms with E-state index in [0.717, 1.165) is 12.2 Å². The van der Waals surface area contributed by atoms with E-state index in [1.807, 2.05) is 7.05 Å². The van der Waals surface area contributed by atoms with Gasteiger partial charge >= 0.3 is 0 Å². The number of phenolic OH excluding ortho intramolecular Hbond substituents is 1. The van der Waals surface area contributed by atoms with Crippen LogP contribution in [0.2, 0.25) is 10.0 Å². The molecule has 5 nitrogen and oxygen atoms in total. The molecule has 0 atom stereocenters. The van der Waals surface area contributed by atoms with Crippen molar-refractivity contribution >= 4 is 23.2 Å². The van der Waals surface area contributed by atoms with E-state index >= 15 is 0 Å². The molecule has 0 spiro atoms. The number of nitrogens with one attached hydrogen (secondary N) is 1. The predicted molar refractivity (Wildman–Crippen MR) is 74.5 cm³/mol. The Morgan fingerprint density at radius 2 is 2.16 bits per heavy atom. The van der Waals surface area contributed by atoms with Gasteiger partial charge < -0.3 is 10.4 Å². The topological polar surface area (TPSA) is 63.0 Å². The van der Waals surface area contributed by atoms with E-state index in [4.69, 9.17) is 23.2 Å². The minimum Gasteiger partial charge on any atom is -0.506 e. The van der Waals surface area contributed by atoms with Crippen molar-refractivity contribution in [3.8, 4) is 5.75 Å². The molecule has 102 valence electrons. The number of aromatic nitrogens is 3. The lowest BCUT2D eigenvalue weighted by atomic mass is 10.2. The molecule has 0 fully saturated rings. The van der Waals surface area contributed by atoms with E-state index in [1.54, 1.807) is 17.1 Å². The van der Waals surface area contributed by atoms with Gasteiger partial charge in [-0.15, -0.1) is 0 Å². The number of aryl methyl sites for hydroxylation is 1. The van der Waals surface area contributed by atoms with Gasteiger partial charge in [0, 0.05) is 37.1 Å². The van der Waals surface area contributed by atoms with E-state index in [-0.39, 0.29) is 10.8 Å². The molecule has 2 N–H and O–H groups in total. The summed E-state index contributed by atoms with van der Waals surface area (Å²) in [5.74, 6) is 0.845. The summed E-state index contributed by atoms with van der Waals surface area (Å²) >= 11 is 11.7. The first-order valence-electron chi connectivity index (χ1n) is 5.78. The molecule has 1 aromatic carbocycles. The molecule has 7 heteroatoms. The molecule has 0 unspecified atom stereocenters. The minimum atomic E-state index is 0.0644. The zero-order chi connectivity index (χ0) is 13.8. The summed E-state index contributed by atoms with van der Waals surface area (Å²) in [6.07, 6.45) is 2.38. The molecule has 0 amide bonds. The highest BCUT2D eigenvalue weighted by Gasteiger charge is 2.07. The summed E-state index contributed by atoms with van der Waals surface area (Å²) in [6.45, 7) is 1.19. The van der Waals surface area contributed by atoms with Crippen molar-refractivity contribution in [3.63, 3.8) is 0 Å². The molecule has 0 aliphatic rings. The zero-order valence-corrected chi connectivity index (χ0v) is 11.9. The molecule has 0 radical (unpaired) electrons. The Labute approximate surface area is 121 Å². The second-order valence-electron chi connectivity index (χ2n) is 4.16. The lowest BCUT2D eigenvalue weighted by Crippen LogP contribution is -2.17. The van der Waals surface area contributed by atoms with Crippen LogP contribution in [0.5, 0.6) is 5.75 Å². The van der Waals surface area contributed by atoms with Crippen molar-refractivity contribution in [3.05, 3.63) is 39.9 Å². The Morgan fingerprint density at radius 3 is 2.84 bits per heavy atom. The van der Waals surface area contributed by atoms with Crippen molar-refractivity contribution in [1.29, 1.82) is 0 Å². The number of phenols is 1. The van der Waals surface area contributed by atoms with Crippen molar-refractivity contribution in [2.45, 2.75) is 13.0 Å². The molecule has 1 heterocycles. The van der Waals surface area contributed by atoms with Crippen LogP contribution in [-0.2, 0) is 20.0 Å². The normalized spacial score (nSPS) is 10.9. The third kappa shape index (κ3) is 3.83. The van der Waals surface area contributed by atoms with Gasteiger partial charge in [0.05, 0.1) is 5.02 Å². The van der Waals surface area contributed by atoms with E-state index in [9.17, 15) is 5.11 Å². The molecule has 0 bridgehead atoms. The Kier molecular flexibility index (Phi) is 4.63. The SMILES string of the molecule is Cn1cnc(CCNCc2cc(Cl)cc(Cl)c2O)n1. The highest BCUT2D eigenvalue weighted by molar-refractivity contribution is 6.35. The van der Waals surface area contributed by atoms with Crippen molar-refractivity contribution in [2.24, 2.45) is 7.05 Å². The molecular weight excluding hydrogens is 287 g/mol. The van der Waals surface area contributed by atoms with E-state index in [1.165, 1.54) is 6.07 Å². The van der Waals surface area contributed by atoms with E-state index in [2.05, 4.69) is 15.4 Å². The number of aromatic hydroxyl groups is 1. The number of hydrogen-bond donors (Lipinski definition) is 2. The molecule has 1 aromatic heterocycles. The predicted octanol–water partition coefficient (Wildman–Crippen LogP) is 2.16. The Morgan fingerprint density at radius 1 is 1.37 bits per heavy atom. The standard InChI is InChI=1S/C12H14Cl2N4O/c1-18-7-16-11(17-18)2-3-15-6-8-4-9(13)5-10(14)12(8)19/h4-5,7,15,19H,2-3,6H2,1H3. The monoisotopic (exact) mass is 300 g/mol. The van der Waals surface area contributed by atoms with Crippen LogP contribution < -0.4 is 5.32 Å². The third-order valence-electron chi connectivity index (χ3n) is 2.59. The summed E-state index contributed by atoms with van der Waals surface area (Å²) in [7, 11) is 1.83. The number of halogens is 2. The Hall–Kier alpha value is -1.30. The largest absolute Gasteiger partial charge is 0.506 e. The van der Waals surface area contributed by atoms with Crippen LogP contribution in [0, 0.1) is 0 Å². The van der Waals surface area contributed by atoms with Crippen LogP contribution in [-0.4, -0.2) is 26.4 Å². The minimum absolute atomic E-state index is 0.0644. The molecule has 0 saturated carbocycles. The maximum atomic E-state index is 9.78. The first-order valence-corrected chi connectivity index (χ1v) is 6.54. The van der Waals surface area contributed by atoms with Crippen LogP contribution >= 0.6 is 23.2 Å². The van der Waals surface area contributed by atoms with Crippen LogP contribution in [0.1, 0.15) is 11.4 Å². The van der Waals surface area contributed by atoms with Crippen LogP contribution in [0.25, 0.3) is 0 Å². The number of nitrogens with zero attached hydrogens (tertiary/aromatic N) is 3. The molecule has 2 aromatic rings. The van der Waals surface area contributed by atoms with Crippen LogP contribution in [0.4, 0.5) is 0 Å². The van der Waals surface area contributed by atoms with Crippen LogP contribution in [0.3, 0.4) is 0 Å². The van der Waals surface area contributed by atoms with Gasteiger partial charge in [0.1, 0.15) is 12.1 Å². The number of benzene rings is 1. The maximum Gasteiger partial charge on any atom is 0.151 e. The van der Waals surface area contributed by atoms with Gasteiger partial charge in [-0.25, -0.2) is 4.98 Å². The van der Waals surface area contributed by atoms with Gasteiger partial charge in [0.15, 0.2) is 5.82 Å². The Bertz CT molecular complexity index is 571. The number of rotatable bonds is 5. The van der Waals surface area contributed by atoms with Crippen molar-refractivity contribution in [2.75, 3.05) is 6.54 Å². The lowest BCUT2D eigenvalue weighted by molar-refractivity contribution is 0.465. The fraction of sp³-hybridized carbons (Fsp3) is 0.333. The Balaban J connectivity index is 1.86. The van der Waals surface area contributed by atoms with Gasteiger partial charge in [-0.05, 0) is 12.1 Å². The molecule has 0 aliphatic heterocycles. The van der Waals surface area contributed by atoms with Gasteiger partial charge in [-0.2, -0.15) is 5.10 Å². The maximum absolute atomic E-state index is 9.78. The zero-order valence-electron chi connectivity index (χ0n) is 10.4.